The van der Waals surface area contributed by atoms with Gasteiger partial charge < -0.3 is 10.6 Å². The summed E-state index contributed by atoms with van der Waals surface area (Å²) < 4.78 is 0. The van der Waals surface area contributed by atoms with Crippen molar-refractivity contribution in [2.45, 2.75) is 20.4 Å². The molecule has 2 aromatic rings. The topological polar surface area (TPSA) is 49.6 Å². The Labute approximate surface area is 143 Å². The van der Waals surface area contributed by atoms with Gasteiger partial charge in [0, 0.05) is 44.0 Å². The first-order valence-corrected chi connectivity index (χ1v) is 8.47. The third kappa shape index (κ3) is 3.60. The highest BCUT2D eigenvalue weighted by atomic mass is 16.2. The average molecular weight is 323 g/mol. The third-order valence-electron chi connectivity index (χ3n) is 4.84. The summed E-state index contributed by atoms with van der Waals surface area (Å²) >= 11 is 0. The Morgan fingerprint density at radius 1 is 0.958 bits per heavy atom. The van der Waals surface area contributed by atoms with E-state index in [9.17, 15) is 4.79 Å². The minimum absolute atomic E-state index is 0.0988. The van der Waals surface area contributed by atoms with Crippen LogP contribution < -0.4 is 5.73 Å². The number of hydrogen-bond donors (Lipinski definition) is 1. The van der Waals surface area contributed by atoms with Gasteiger partial charge in [-0.05, 0) is 54.8 Å². The van der Waals surface area contributed by atoms with Gasteiger partial charge in [-0.3, -0.25) is 9.69 Å². The molecule has 1 fully saturated rings. The van der Waals surface area contributed by atoms with Crippen molar-refractivity contribution in [2.24, 2.45) is 0 Å². The maximum Gasteiger partial charge on any atom is 0.253 e. The van der Waals surface area contributed by atoms with Gasteiger partial charge in [0.15, 0.2) is 0 Å². The summed E-state index contributed by atoms with van der Waals surface area (Å²) in [7, 11) is 0. The summed E-state index contributed by atoms with van der Waals surface area (Å²) in [6, 6.07) is 13.6. The molecule has 0 unspecified atom stereocenters. The van der Waals surface area contributed by atoms with Gasteiger partial charge in [0.05, 0.1) is 0 Å². The number of piperazine rings is 1. The van der Waals surface area contributed by atoms with Crippen LogP contribution in [0, 0.1) is 13.8 Å². The SMILES string of the molecule is Cc1cccc(C)c1CN1CCN(C(=O)c2ccc(N)cc2)CC1. The predicted molar refractivity (Wildman–Crippen MR) is 98.0 cm³/mol. The quantitative estimate of drug-likeness (QED) is 0.884. The van der Waals surface area contributed by atoms with E-state index in [-0.39, 0.29) is 5.91 Å². The van der Waals surface area contributed by atoms with E-state index < -0.39 is 0 Å². The normalized spacial score (nSPS) is 15.5. The highest BCUT2D eigenvalue weighted by Gasteiger charge is 2.22. The molecule has 4 nitrogen and oxygen atoms in total. The fraction of sp³-hybridized carbons (Fsp3) is 0.350. The molecule has 0 radical (unpaired) electrons. The van der Waals surface area contributed by atoms with Crippen LogP contribution in [0.15, 0.2) is 42.5 Å². The molecule has 1 heterocycles. The molecule has 1 aliphatic rings. The zero-order valence-electron chi connectivity index (χ0n) is 14.5. The Morgan fingerprint density at radius 2 is 1.54 bits per heavy atom. The van der Waals surface area contributed by atoms with E-state index in [4.69, 9.17) is 5.73 Å². The second-order valence-corrected chi connectivity index (χ2v) is 6.56. The number of hydrogen-bond acceptors (Lipinski definition) is 3. The summed E-state index contributed by atoms with van der Waals surface area (Å²) in [4.78, 5) is 16.9. The first kappa shape index (κ1) is 16.5. The van der Waals surface area contributed by atoms with E-state index in [2.05, 4.69) is 36.9 Å². The highest BCUT2D eigenvalue weighted by molar-refractivity contribution is 5.94. The van der Waals surface area contributed by atoms with E-state index in [1.807, 2.05) is 4.90 Å². The van der Waals surface area contributed by atoms with Gasteiger partial charge in [0.1, 0.15) is 0 Å². The number of anilines is 1. The van der Waals surface area contributed by atoms with Crippen molar-refractivity contribution in [3.8, 4) is 0 Å². The van der Waals surface area contributed by atoms with Crippen LogP contribution in [0.1, 0.15) is 27.0 Å². The first-order valence-electron chi connectivity index (χ1n) is 8.47. The number of carbonyl (C=O) groups excluding carboxylic acids is 1. The van der Waals surface area contributed by atoms with Crippen molar-refractivity contribution < 1.29 is 4.79 Å². The van der Waals surface area contributed by atoms with E-state index in [1.54, 1.807) is 24.3 Å². The second kappa shape index (κ2) is 7.05. The fourth-order valence-corrected chi connectivity index (χ4v) is 3.24. The summed E-state index contributed by atoms with van der Waals surface area (Å²) in [5, 5.41) is 0. The van der Waals surface area contributed by atoms with Crippen molar-refractivity contribution in [2.75, 3.05) is 31.9 Å². The number of nitrogen functional groups attached to an aromatic ring is 1. The molecule has 126 valence electrons. The minimum atomic E-state index is 0.0988. The predicted octanol–water partition coefficient (Wildman–Crippen LogP) is 2.84. The van der Waals surface area contributed by atoms with Crippen LogP contribution in [-0.4, -0.2) is 41.9 Å². The van der Waals surface area contributed by atoms with Crippen LogP contribution in [0.2, 0.25) is 0 Å². The molecular weight excluding hydrogens is 298 g/mol. The van der Waals surface area contributed by atoms with Crippen molar-refractivity contribution in [1.82, 2.24) is 9.80 Å². The van der Waals surface area contributed by atoms with Gasteiger partial charge in [0.2, 0.25) is 0 Å². The van der Waals surface area contributed by atoms with Gasteiger partial charge in [0.25, 0.3) is 5.91 Å². The molecule has 0 aromatic heterocycles. The Kier molecular flexibility index (Phi) is 4.86. The largest absolute Gasteiger partial charge is 0.399 e. The van der Waals surface area contributed by atoms with Gasteiger partial charge in [-0.2, -0.15) is 0 Å². The van der Waals surface area contributed by atoms with Gasteiger partial charge in [-0.1, -0.05) is 18.2 Å². The molecule has 1 aliphatic heterocycles. The van der Waals surface area contributed by atoms with E-state index >= 15 is 0 Å². The fourth-order valence-electron chi connectivity index (χ4n) is 3.24. The molecule has 3 rings (SSSR count). The van der Waals surface area contributed by atoms with Gasteiger partial charge in [-0.25, -0.2) is 0 Å². The third-order valence-corrected chi connectivity index (χ3v) is 4.84. The molecule has 0 atom stereocenters. The van der Waals surface area contributed by atoms with Crippen molar-refractivity contribution in [1.29, 1.82) is 0 Å². The number of benzene rings is 2. The van der Waals surface area contributed by atoms with Crippen LogP contribution in [0.25, 0.3) is 0 Å². The van der Waals surface area contributed by atoms with Crippen LogP contribution in [-0.2, 0) is 6.54 Å². The summed E-state index contributed by atoms with van der Waals surface area (Å²) in [6.45, 7) is 8.67. The molecule has 2 aromatic carbocycles. The summed E-state index contributed by atoms with van der Waals surface area (Å²) in [6.07, 6.45) is 0. The van der Waals surface area contributed by atoms with Crippen molar-refractivity contribution in [3.05, 3.63) is 64.7 Å². The molecule has 4 heteroatoms. The average Bonchev–Trinajstić information content (AvgIpc) is 2.59. The summed E-state index contributed by atoms with van der Waals surface area (Å²) in [5.41, 5.74) is 11.2. The van der Waals surface area contributed by atoms with Crippen molar-refractivity contribution >= 4 is 11.6 Å². The number of nitrogens with two attached hydrogens (primary N) is 1. The molecule has 2 N–H and O–H groups in total. The highest BCUT2D eigenvalue weighted by Crippen LogP contribution is 2.18. The maximum absolute atomic E-state index is 12.6. The molecule has 0 bridgehead atoms. The second-order valence-electron chi connectivity index (χ2n) is 6.56. The lowest BCUT2D eigenvalue weighted by atomic mass is 10.0. The monoisotopic (exact) mass is 323 g/mol. The number of carbonyl (C=O) groups is 1. The number of aryl methyl sites for hydroxylation is 2. The maximum atomic E-state index is 12.6. The number of rotatable bonds is 3. The van der Waals surface area contributed by atoms with Gasteiger partial charge in [-0.15, -0.1) is 0 Å². The molecule has 1 amide bonds. The van der Waals surface area contributed by atoms with E-state index in [0.29, 0.717) is 11.3 Å². The number of nitrogens with zero attached hydrogens (tertiary/aromatic N) is 2. The molecule has 0 saturated carbocycles. The Balaban J connectivity index is 1.59. The van der Waals surface area contributed by atoms with Gasteiger partial charge >= 0.3 is 0 Å². The minimum Gasteiger partial charge on any atom is -0.399 e. The lowest BCUT2D eigenvalue weighted by molar-refractivity contribution is 0.0628. The molecule has 24 heavy (non-hydrogen) atoms. The summed E-state index contributed by atoms with van der Waals surface area (Å²) in [5.74, 6) is 0.0988. The number of amides is 1. The Bertz CT molecular complexity index is 696. The zero-order valence-corrected chi connectivity index (χ0v) is 14.5. The van der Waals surface area contributed by atoms with E-state index in [0.717, 1.165) is 32.7 Å². The molecule has 0 aliphatic carbocycles. The first-order chi connectivity index (χ1) is 11.5. The Hall–Kier alpha value is -2.33. The lowest BCUT2D eigenvalue weighted by Gasteiger charge is -2.35. The van der Waals surface area contributed by atoms with Crippen LogP contribution in [0.4, 0.5) is 5.69 Å². The van der Waals surface area contributed by atoms with Crippen LogP contribution in [0.3, 0.4) is 0 Å². The smallest absolute Gasteiger partial charge is 0.253 e. The Morgan fingerprint density at radius 3 is 2.12 bits per heavy atom. The molecular formula is C20H25N3O. The molecule has 0 spiro atoms. The molecule has 1 saturated heterocycles. The standard InChI is InChI=1S/C20H25N3O/c1-15-4-3-5-16(2)19(15)14-22-10-12-23(13-11-22)20(24)17-6-8-18(21)9-7-17/h3-9H,10-14,21H2,1-2H3. The van der Waals surface area contributed by atoms with Crippen LogP contribution >= 0.6 is 0 Å². The van der Waals surface area contributed by atoms with Crippen LogP contribution in [0.5, 0.6) is 0 Å². The van der Waals surface area contributed by atoms with Crippen molar-refractivity contribution in [3.63, 3.8) is 0 Å². The van der Waals surface area contributed by atoms with E-state index in [1.165, 1.54) is 16.7 Å². The zero-order chi connectivity index (χ0) is 17.1. The lowest BCUT2D eigenvalue weighted by Crippen LogP contribution is -2.48.